The van der Waals surface area contributed by atoms with E-state index in [9.17, 15) is 9.90 Å². The second-order valence-electron chi connectivity index (χ2n) is 7.33. The first kappa shape index (κ1) is 21.9. The summed E-state index contributed by atoms with van der Waals surface area (Å²) in [6.07, 6.45) is 0. The lowest BCUT2D eigenvalue weighted by Crippen LogP contribution is -2.12. The van der Waals surface area contributed by atoms with Crippen LogP contribution < -0.4 is 9.47 Å². The molecule has 0 unspecified atom stereocenters. The summed E-state index contributed by atoms with van der Waals surface area (Å²) >= 11 is 0. The summed E-state index contributed by atoms with van der Waals surface area (Å²) in [5.41, 5.74) is 3.03. The van der Waals surface area contributed by atoms with Gasteiger partial charge >= 0.3 is 5.97 Å². The average molecular weight is 445 g/mol. The summed E-state index contributed by atoms with van der Waals surface area (Å²) in [4.78, 5) is 12.8. The largest absolute Gasteiger partial charge is 0.505 e. The molecule has 1 N–H and O–H groups in total. The maximum Gasteiger partial charge on any atom is 0.333 e. The lowest BCUT2D eigenvalue weighted by molar-refractivity contribution is -0.139. The molecule has 0 bridgehead atoms. The van der Waals surface area contributed by atoms with Crippen molar-refractivity contribution in [3.63, 3.8) is 0 Å². The van der Waals surface area contributed by atoms with Gasteiger partial charge in [0.25, 0.3) is 0 Å². The van der Waals surface area contributed by atoms with Crippen molar-refractivity contribution in [3.8, 4) is 22.9 Å². The van der Waals surface area contributed by atoms with Crippen LogP contribution >= 0.6 is 0 Å². The van der Waals surface area contributed by atoms with Crippen molar-refractivity contribution in [2.45, 2.75) is 13.5 Å². The SMILES string of the molecule is C=C(C)C(=O)OCCOc1ccc2nn(-c3ccc(OCc4ccccc4)cc3O)nc2c1. The number of carbonyl (C=O) groups excluding carboxylic acids is 1. The molecule has 8 nitrogen and oxygen atoms in total. The molecule has 0 aliphatic carbocycles. The molecule has 0 aliphatic heterocycles. The minimum Gasteiger partial charge on any atom is -0.505 e. The van der Waals surface area contributed by atoms with Crippen LogP contribution in [-0.4, -0.2) is 39.3 Å². The summed E-state index contributed by atoms with van der Waals surface area (Å²) in [6.45, 7) is 5.83. The Labute approximate surface area is 190 Å². The highest BCUT2D eigenvalue weighted by atomic mass is 16.6. The topological polar surface area (TPSA) is 95.7 Å². The van der Waals surface area contributed by atoms with Crippen molar-refractivity contribution in [1.29, 1.82) is 0 Å². The van der Waals surface area contributed by atoms with Gasteiger partial charge in [0.05, 0.1) is 0 Å². The van der Waals surface area contributed by atoms with Crippen molar-refractivity contribution in [2.75, 3.05) is 13.2 Å². The van der Waals surface area contributed by atoms with E-state index in [0.717, 1.165) is 5.56 Å². The molecule has 0 radical (unpaired) electrons. The smallest absolute Gasteiger partial charge is 0.333 e. The lowest BCUT2D eigenvalue weighted by Gasteiger charge is -2.08. The Morgan fingerprint density at radius 1 is 0.939 bits per heavy atom. The molecule has 0 aliphatic rings. The van der Waals surface area contributed by atoms with E-state index in [1.54, 1.807) is 37.3 Å². The highest BCUT2D eigenvalue weighted by Gasteiger charge is 2.11. The molecule has 4 aromatic rings. The molecule has 4 rings (SSSR count). The molecule has 0 amide bonds. The maximum absolute atomic E-state index is 11.4. The van der Waals surface area contributed by atoms with Crippen LogP contribution in [0.1, 0.15) is 12.5 Å². The van der Waals surface area contributed by atoms with E-state index in [-0.39, 0.29) is 19.0 Å². The molecule has 0 saturated carbocycles. The van der Waals surface area contributed by atoms with Crippen LogP contribution in [0.2, 0.25) is 0 Å². The van der Waals surface area contributed by atoms with Crippen molar-refractivity contribution in [2.24, 2.45) is 0 Å². The van der Waals surface area contributed by atoms with Crippen LogP contribution in [0.5, 0.6) is 17.2 Å². The maximum atomic E-state index is 11.4. The molecule has 0 spiro atoms. The molecule has 8 heteroatoms. The Hall–Kier alpha value is -4.33. The standard InChI is InChI=1S/C25H23N3O5/c1-17(2)25(30)32-13-12-31-19-8-10-21-22(14-19)27-28(26-21)23-11-9-20(15-24(23)29)33-16-18-6-4-3-5-7-18/h3-11,14-15,29H,1,12-13,16H2,2H3. The van der Waals surface area contributed by atoms with Gasteiger partial charge in [-0.2, -0.15) is 0 Å². The molecular weight excluding hydrogens is 422 g/mol. The van der Waals surface area contributed by atoms with Crippen LogP contribution in [0.4, 0.5) is 0 Å². The normalized spacial score (nSPS) is 10.7. The summed E-state index contributed by atoms with van der Waals surface area (Å²) in [5.74, 6) is 0.652. The summed E-state index contributed by atoms with van der Waals surface area (Å²) in [5, 5.41) is 19.3. The molecular formula is C25H23N3O5. The third kappa shape index (κ3) is 5.48. The fraction of sp³-hybridized carbons (Fsp3) is 0.160. The van der Waals surface area contributed by atoms with Crippen LogP contribution in [0, 0.1) is 0 Å². The van der Waals surface area contributed by atoms with Crippen molar-refractivity contribution >= 4 is 17.0 Å². The van der Waals surface area contributed by atoms with Gasteiger partial charge in [0.2, 0.25) is 0 Å². The fourth-order valence-electron chi connectivity index (χ4n) is 3.01. The Morgan fingerprint density at radius 2 is 1.67 bits per heavy atom. The first-order valence-electron chi connectivity index (χ1n) is 10.3. The third-order valence-corrected chi connectivity index (χ3v) is 4.70. The van der Waals surface area contributed by atoms with Gasteiger partial charge in [0.15, 0.2) is 0 Å². The van der Waals surface area contributed by atoms with Gasteiger partial charge < -0.3 is 19.3 Å². The van der Waals surface area contributed by atoms with Crippen molar-refractivity contribution in [1.82, 2.24) is 15.0 Å². The van der Waals surface area contributed by atoms with Crippen LogP contribution in [0.3, 0.4) is 0 Å². The fourth-order valence-corrected chi connectivity index (χ4v) is 3.01. The van der Waals surface area contributed by atoms with Gasteiger partial charge in [0, 0.05) is 17.7 Å². The van der Waals surface area contributed by atoms with Gasteiger partial charge in [0.1, 0.15) is 53.8 Å². The molecule has 0 fully saturated rings. The van der Waals surface area contributed by atoms with E-state index < -0.39 is 5.97 Å². The van der Waals surface area contributed by atoms with E-state index in [4.69, 9.17) is 14.2 Å². The number of phenols is 1. The monoisotopic (exact) mass is 445 g/mol. The van der Waals surface area contributed by atoms with Crippen LogP contribution in [0.25, 0.3) is 16.7 Å². The molecule has 0 atom stereocenters. The third-order valence-electron chi connectivity index (χ3n) is 4.70. The number of hydrogen-bond acceptors (Lipinski definition) is 7. The van der Waals surface area contributed by atoms with Crippen LogP contribution in [0.15, 0.2) is 78.9 Å². The molecule has 168 valence electrons. The molecule has 0 saturated heterocycles. The summed E-state index contributed by atoms with van der Waals surface area (Å²) in [6, 6.07) is 20.0. The van der Waals surface area contributed by atoms with E-state index in [2.05, 4.69) is 16.8 Å². The molecule has 1 heterocycles. The number of phenolic OH excluding ortho intramolecular Hbond substituents is 1. The van der Waals surface area contributed by atoms with Gasteiger partial charge in [-0.25, -0.2) is 4.79 Å². The Morgan fingerprint density at radius 3 is 2.42 bits per heavy atom. The lowest BCUT2D eigenvalue weighted by atomic mass is 10.2. The first-order valence-corrected chi connectivity index (χ1v) is 10.3. The number of rotatable bonds is 9. The van der Waals surface area contributed by atoms with E-state index in [0.29, 0.717) is 40.4 Å². The number of aromatic nitrogens is 3. The Bertz CT molecular complexity index is 1280. The second kappa shape index (κ2) is 9.86. The zero-order valence-corrected chi connectivity index (χ0v) is 18.1. The van der Waals surface area contributed by atoms with E-state index in [1.807, 2.05) is 30.3 Å². The number of hydrogen-bond donors (Lipinski definition) is 1. The number of esters is 1. The van der Waals surface area contributed by atoms with Gasteiger partial charge in [-0.1, -0.05) is 36.9 Å². The van der Waals surface area contributed by atoms with Crippen molar-refractivity contribution in [3.05, 3.63) is 84.4 Å². The quantitative estimate of drug-likeness (QED) is 0.234. The van der Waals surface area contributed by atoms with Gasteiger partial charge in [-0.05, 0) is 36.8 Å². The van der Waals surface area contributed by atoms with Gasteiger partial charge in [-0.15, -0.1) is 15.0 Å². The Kier molecular flexibility index (Phi) is 6.54. The highest BCUT2D eigenvalue weighted by molar-refractivity contribution is 5.86. The van der Waals surface area contributed by atoms with Crippen molar-refractivity contribution < 1.29 is 24.1 Å². The molecule has 3 aromatic carbocycles. The zero-order chi connectivity index (χ0) is 23.2. The minimum atomic E-state index is -0.451. The average Bonchev–Trinajstić information content (AvgIpc) is 3.24. The predicted molar refractivity (Wildman–Crippen MR) is 123 cm³/mol. The number of nitrogens with zero attached hydrogens (tertiary/aromatic N) is 3. The number of aromatic hydroxyl groups is 1. The number of ether oxygens (including phenoxy) is 3. The van der Waals surface area contributed by atoms with Crippen LogP contribution in [-0.2, 0) is 16.1 Å². The van der Waals surface area contributed by atoms with E-state index >= 15 is 0 Å². The predicted octanol–water partition coefficient (Wildman–Crippen LogP) is 4.20. The van der Waals surface area contributed by atoms with Gasteiger partial charge in [-0.3, -0.25) is 0 Å². The summed E-state index contributed by atoms with van der Waals surface area (Å²) in [7, 11) is 0. The number of fused-ring (bicyclic) bond motifs is 1. The Balaban J connectivity index is 1.41. The molecule has 1 aromatic heterocycles. The van der Waals surface area contributed by atoms with E-state index in [1.165, 1.54) is 10.9 Å². The minimum absolute atomic E-state index is 0.00308. The number of benzene rings is 3. The first-order chi connectivity index (χ1) is 16.0. The zero-order valence-electron chi connectivity index (χ0n) is 18.1. The second-order valence-corrected chi connectivity index (χ2v) is 7.33. The summed E-state index contributed by atoms with van der Waals surface area (Å²) < 4.78 is 16.4. The number of carbonyl (C=O) groups is 1. The highest BCUT2D eigenvalue weighted by Crippen LogP contribution is 2.28. The molecule has 33 heavy (non-hydrogen) atoms.